The first-order valence-electron chi connectivity index (χ1n) is 11.9. The molecule has 1 unspecified atom stereocenters. The van der Waals surface area contributed by atoms with Crippen LogP contribution in [-0.2, 0) is 0 Å². The van der Waals surface area contributed by atoms with E-state index in [4.69, 9.17) is 33.0 Å². The van der Waals surface area contributed by atoms with E-state index < -0.39 is 0 Å². The number of aromatic nitrogens is 1. The highest BCUT2D eigenvalue weighted by Gasteiger charge is 2.14. The second kappa shape index (κ2) is 10.6. The van der Waals surface area contributed by atoms with Gasteiger partial charge in [0, 0.05) is 27.2 Å². The predicted molar refractivity (Wildman–Crippen MR) is 152 cm³/mol. The molecule has 37 heavy (non-hydrogen) atoms. The number of carbonyl (C=O) groups excluding carboxylic acids is 1. The van der Waals surface area contributed by atoms with Crippen LogP contribution < -0.4 is 15.4 Å². The fourth-order valence-corrected chi connectivity index (χ4v) is 4.36. The molecule has 0 aliphatic heterocycles. The van der Waals surface area contributed by atoms with Gasteiger partial charge in [-0.2, -0.15) is 0 Å². The minimum absolute atomic E-state index is 0.111. The third-order valence-corrected chi connectivity index (χ3v) is 6.53. The van der Waals surface area contributed by atoms with E-state index in [1.165, 1.54) is 0 Å². The normalized spacial score (nSPS) is 11.9. The molecule has 0 bridgehead atoms. The van der Waals surface area contributed by atoms with Gasteiger partial charge in [-0.15, -0.1) is 0 Å². The average Bonchev–Trinajstić information content (AvgIpc) is 3.32. The molecule has 8 heteroatoms. The standard InChI is InChI=1S/C29H24ClN3O3S/c1-3-17(2)35-20-13-10-18(11-14-20)27(34)33-29(37)31-19-12-15-26-25(16-19)32-28(36-26)23-8-4-7-22-21(23)6-5-9-24(22)30/h4-17H,3H2,1-2H3,(H2,31,33,34,37). The zero-order valence-electron chi connectivity index (χ0n) is 20.2. The molecule has 2 N–H and O–H groups in total. The SMILES string of the molecule is CCC(C)Oc1ccc(C(=O)NC(=S)Nc2ccc3oc(-c4cccc5c(Cl)cccc45)nc3c2)cc1. The highest BCUT2D eigenvalue weighted by atomic mass is 35.5. The van der Waals surface area contributed by atoms with Crippen molar-refractivity contribution >= 4 is 62.4 Å². The second-order valence-electron chi connectivity index (χ2n) is 8.61. The van der Waals surface area contributed by atoms with Crippen molar-refractivity contribution < 1.29 is 13.9 Å². The molecule has 1 aromatic heterocycles. The van der Waals surface area contributed by atoms with Gasteiger partial charge in [0.05, 0.1) is 6.10 Å². The maximum atomic E-state index is 12.6. The molecule has 0 saturated heterocycles. The van der Waals surface area contributed by atoms with Crippen LogP contribution in [0, 0.1) is 0 Å². The van der Waals surface area contributed by atoms with Gasteiger partial charge in [0.2, 0.25) is 5.89 Å². The van der Waals surface area contributed by atoms with E-state index in [1.807, 2.05) is 61.5 Å². The van der Waals surface area contributed by atoms with Gasteiger partial charge in [-0.25, -0.2) is 4.98 Å². The van der Waals surface area contributed by atoms with Crippen LogP contribution >= 0.6 is 23.8 Å². The van der Waals surface area contributed by atoms with Gasteiger partial charge >= 0.3 is 0 Å². The van der Waals surface area contributed by atoms with Crippen molar-refractivity contribution in [2.75, 3.05) is 5.32 Å². The Morgan fingerprint density at radius 3 is 2.59 bits per heavy atom. The van der Waals surface area contributed by atoms with Crippen molar-refractivity contribution in [3.8, 4) is 17.2 Å². The molecular formula is C29H24ClN3O3S. The Morgan fingerprint density at radius 1 is 1.05 bits per heavy atom. The smallest absolute Gasteiger partial charge is 0.257 e. The summed E-state index contributed by atoms with van der Waals surface area (Å²) in [5.41, 5.74) is 3.30. The third-order valence-electron chi connectivity index (χ3n) is 6.00. The summed E-state index contributed by atoms with van der Waals surface area (Å²) in [6, 6.07) is 24.0. The van der Waals surface area contributed by atoms with Crippen LogP contribution in [0.2, 0.25) is 5.02 Å². The van der Waals surface area contributed by atoms with Gasteiger partial charge in [0.15, 0.2) is 10.7 Å². The van der Waals surface area contributed by atoms with Crippen LogP contribution in [0.3, 0.4) is 0 Å². The van der Waals surface area contributed by atoms with Crippen molar-refractivity contribution in [1.82, 2.24) is 10.3 Å². The summed E-state index contributed by atoms with van der Waals surface area (Å²) in [6.45, 7) is 4.06. The van der Waals surface area contributed by atoms with Crippen LogP contribution in [0.15, 0.2) is 83.3 Å². The van der Waals surface area contributed by atoms with E-state index in [2.05, 4.69) is 22.5 Å². The lowest BCUT2D eigenvalue weighted by Crippen LogP contribution is -2.34. The Labute approximate surface area is 224 Å². The predicted octanol–water partition coefficient (Wildman–Crippen LogP) is 7.61. The maximum absolute atomic E-state index is 12.6. The number of benzene rings is 4. The zero-order valence-corrected chi connectivity index (χ0v) is 21.8. The largest absolute Gasteiger partial charge is 0.491 e. The number of anilines is 1. The first-order valence-corrected chi connectivity index (χ1v) is 12.7. The van der Waals surface area contributed by atoms with Gasteiger partial charge in [0.1, 0.15) is 11.3 Å². The summed E-state index contributed by atoms with van der Waals surface area (Å²) in [4.78, 5) is 17.3. The maximum Gasteiger partial charge on any atom is 0.257 e. The van der Waals surface area contributed by atoms with Crippen molar-refractivity contribution in [3.05, 3.63) is 89.4 Å². The number of carbonyl (C=O) groups is 1. The summed E-state index contributed by atoms with van der Waals surface area (Å²) >= 11 is 11.7. The third kappa shape index (κ3) is 5.43. The number of oxazole rings is 1. The molecule has 4 aromatic carbocycles. The minimum atomic E-state index is -0.313. The summed E-state index contributed by atoms with van der Waals surface area (Å²) in [7, 11) is 0. The lowest BCUT2D eigenvalue weighted by molar-refractivity contribution is 0.0977. The van der Waals surface area contributed by atoms with Crippen molar-refractivity contribution in [3.63, 3.8) is 0 Å². The summed E-state index contributed by atoms with van der Waals surface area (Å²) in [6.07, 6.45) is 1.02. The molecule has 0 saturated carbocycles. The number of nitrogens with zero attached hydrogens (tertiary/aromatic N) is 1. The number of hydrogen-bond acceptors (Lipinski definition) is 5. The topological polar surface area (TPSA) is 76.4 Å². The fraction of sp³-hybridized carbons (Fsp3) is 0.138. The molecule has 186 valence electrons. The number of amides is 1. The Kier molecular flexibility index (Phi) is 7.08. The monoisotopic (exact) mass is 529 g/mol. The highest BCUT2D eigenvalue weighted by Crippen LogP contribution is 2.34. The highest BCUT2D eigenvalue weighted by molar-refractivity contribution is 7.80. The van der Waals surface area contributed by atoms with E-state index in [0.717, 1.165) is 28.5 Å². The van der Waals surface area contributed by atoms with E-state index >= 15 is 0 Å². The minimum Gasteiger partial charge on any atom is -0.491 e. The van der Waals surface area contributed by atoms with Gasteiger partial charge in [0.25, 0.3) is 5.91 Å². The van der Waals surface area contributed by atoms with Gasteiger partial charge in [-0.05, 0) is 85.5 Å². The van der Waals surface area contributed by atoms with Crippen molar-refractivity contribution in [2.24, 2.45) is 0 Å². The molecule has 0 radical (unpaired) electrons. The van der Waals surface area contributed by atoms with E-state index in [-0.39, 0.29) is 17.1 Å². The Bertz CT molecular complexity index is 1610. The molecule has 0 spiro atoms. The summed E-state index contributed by atoms with van der Waals surface area (Å²) in [5, 5.41) is 8.49. The number of hydrogen-bond donors (Lipinski definition) is 2. The molecule has 0 aliphatic carbocycles. The van der Waals surface area contributed by atoms with Crippen LogP contribution in [0.4, 0.5) is 5.69 Å². The second-order valence-corrected chi connectivity index (χ2v) is 9.43. The average molecular weight is 530 g/mol. The van der Waals surface area contributed by atoms with E-state index in [9.17, 15) is 4.79 Å². The quantitative estimate of drug-likeness (QED) is 0.220. The van der Waals surface area contributed by atoms with Gasteiger partial charge in [-0.3, -0.25) is 10.1 Å². The molecule has 0 fully saturated rings. The molecule has 5 rings (SSSR count). The number of halogens is 1. The molecule has 1 amide bonds. The molecule has 6 nitrogen and oxygen atoms in total. The fourth-order valence-electron chi connectivity index (χ4n) is 3.92. The van der Waals surface area contributed by atoms with E-state index in [1.54, 1.807) is 24.3 Å². The number of thiocarbonyl (C=S) groups is 1. The Hall–Kier alpha value is -3.94. The van der Waals surface area contributed by atoms with E-state index in [0.29, 0.717) is 33.3 Å². The summed E-state index contributed by atoms with van der Waals surface area (Å²) < 4.78 is 11.8. The first kappa shape index (κ1) is 24.7. The van der Waals surface area contributed by atoms with Crippen LogP contribution in [0.1, 0.15) is 30.6 Å². The summed E-state index contributed by atoms with van der Waals surface area (Å²) in [5.74, 6) is 0.905. The lowest BCUT2D eigenvalue weighted by atomic mass is 10.0. The zero-order chi connectivity index (χ0) is 25.9. The molecule has 1 heterocycles. The molecule has 1 atom stereocenters. The van der Waals surface area contributed by atoms with Crippen molar-refractivity contribution in [2.45, 2.75) is 26.4 Å². The molecule has 5 aromatic rings. The molecular weight excluding hydrogens is 506 g/mol. The van der Waals surface area contributed by atoms with Crippen LogP contribution in [0.5, 0.6) is 5.75 Å². The van der Waals surface area contributed by atoms with Crippen LogP contribution in [0.25, 0.3) is 33.3 Å². The van der Waals surface area contributed by atoms with Gasteiger partial charge in [-0.1, -0.05) is 42.8 Å². The number of nitrogens with one attached hydrogen (secondary N) is 2. The number of ether oxygens (including phenoxy) is 1. The Morgan fingerprint density at radius 2 is 1.81 bits per heavy atom. The lowest BCUT2D eigenvalue weighted by Gasteiger charge is -2.13. The Balaban J connectivity index is 1.29. The van der Waals surface area contributed by atoms with Gasteiger partial charge < -0.3 is 14.5 Å². The number of rotatable bonds is 6. The first-order chi connectivity index (χ1) is 17.9. The molecule has 0 aliphatic rings. The van der Waals surface area contributed by atoms with Crippen molar-refractivity contribution in [1.29, 1.82) is 0 Å². The number of fused-ring (bicyclic) bond motifs is 2. The van der Waals surface area contributed by atoms with Crippen LogP contribution in [-0.4, -0.2) is 22.1 Å².